The number of aliphatic hydroxyl groups is 1. The Balaban J connectivity index is 3.25. The molecule has 3 N–H and O–H groups in total. The normalized spacial score (nSPS) is 30.8. The third-order valence-electron chi connectivity index (χ3n) is 1.37. The Hall–Kier alpha value is -0.0600. The van der Waals surface area contributed by atoms with Crippen molar-refractivity contribution < 1.29 is 9.90 Å². The number of carbonyl (C=O) groups is 1. The van der Waals surface area contributed by atoms with Crippen LogP contribution in [-0.4, -0.2) is 16.6 Å². The van der Waals surface area contributed by atoms with Crippen LogP contribution in [0.1, 0.15) is 0 Å². The molecule has 1 unspecified atom stereocenters. The van der Waals surface area contributed by atoms with Gasteiger partial charge in [0.05, 0.1) is 10.1 Å². The first-order valence-corrected chi connectivity index (χ1v) is 3.99. The Morgan fingerprint density at radius 3 is 2.42 bits per heavy atom. The van der Waals surface area contributed by atoms with Gasteiger partial charge in [0.15, 0.2) is 11.5 Å². The van der Waals surface area contributed by atoms with Gasteiger partial charge in [-0.15, -0.1) is 0 Å². The van der Waals surface area contributed by atoms with Crippen LogP contribution in [-0.2, 0) is 4.79 Å². The van der Waals surface area contributed by atoms with Gasteiger partial charge in [0.25, 0.3) is 0 Å². The summed E-state index contributed by atoms with van der Waals surface area (Å²) in [6, 6.07) is 0. The summed E-state index contributed by atoms with van der Waals surface area (Å²) in [5, 5.41) is 8.43. The van der Waals surface area contributed by atoms with Gasteiger partial charge < -0.3 is 5.11 Å². The number of carbonyl (C=O) groups excluding carboxylic acids is 1. The molecule has 0 aromatic heterocycles. The summed E-state index contributed by atoms with van der Waals surface area (Å²) in [4.78, 5) is 10.9. The van der Waals surface area contributed by atoms with E-state index in [4.69, 9.17) is 40.5 Å². The van der Waals surface area contributed by atoms with E-state index in [1.807, 2.05) is 0 Å². The van der Waals surface area contributed by atoms with Gasteiger partial charge >= 0.3 is 0 Å². The molecule has 0 heterocycles. The summed E-state index contributed by atoms with van der Waals surface area (Å²) in [6.07, 6.45) is 0.926. The summed E-state index contributed by atoms with van der Waals surface area (Å²) in [7, 11) is 0. The SMILES string of the molecule is NC1(O)C(Cl)=CC(=O)C(Cl)=C1Cl. The van der Waals surface area contributed by atoms with Crippen molar-refractivity contribution in [3.63, 3.8) is 0 Å². The van der Waals surface area contributed by atoms with Gasteiger partial charge in [-0.3, -0.25) is 10.5 Å². The lowest BCUT2D eigenvalue weighted by atomic mass is 10.1. The molecule has 0 amide bonds. The second-order valence-corrected chi connectivity index (χ2v) is 3.41. The summed E-state index contributed by atoms with van der Waals surface area (Å²) < 4.78 is 0. The molecule has 1 atom stereocenters. The van der Waals surface area contributed by atoms with E-state index in [0.717, 1.165) is 6.08 Å². The molecule has 0 saturated carbocycles. The number of nitrogens with two attached hydrogens (primary N) is 1. The van der Waals surface area contributed by atoms with E-state index in [9.17, 15) is 9.90 Å². The second-order valence-electron chi connectivity index (χ2n) is 2.25. The standard InChI is InChI=1S/C6H4Cl3NO2/c7-3-1-2(11)4(8)5(9)6(3,10)12/h1,12H,10H2. The van der Waals surface area contributed by atoms with Crippen LogP contribution >= 0.6 is 34.8 Å². The molecule has 12 heavy (non-hydrogen) atoms. The molecule has 66 valence electrons. The van der Waals surface area contributed by atoms with Gasteiger partial charge in [-0.25, -0.2) is 0 Å². The molecule has 0 aliphatic heterocycles. The van der Waals surface area contributed by atoms with E-state index >= 15 is 0 Å². The van der Waals surface area contributed by atoms with E-state index in [2.05, 4.69) is 0 Å². The smallest absolute Gasteiger partial charge is 0.199 e. The Bertz CT molecular complexity index is 306. The number of hydrogen-bond donors (Lipinski definition) is 2. The van der Waals surface area contributed by atoms with Crippen LogP contribution < -0.4 is 5.73 Å². The summed E-state index contributed by atoms with van der Waals surface area (Å²) in [5.41, 5.74) is 3.21. The topological polar surface area (TPSA) is 63.3 Å². The number of rotatable bonds is 0. The van der Waals surface area contributed by atoms with Gasteiger partial charge in [0.1, 0.15) is 5.03 Å². The fourth-order valence-electron chi connectivity index (χ4n) is 0.669. The Kier molecular flexibility index (Phi) is 2.52. The van der Waals surface area contributed by atoms with Gasteiger partial charge in [-0.05, 0) is 0 Å². The van der Waals surface area contributed by atoms with Crippen LogP contribution in [0.2, 0.25) is 0 Å². The van der Waals surface area contributed by atoms with Crippen molar-refractivity contribution in [2.75, 3.05) is 0 Å². The lowest BCUT2D eigenvalue weighted by Crippen LogP contribution is -2.43. The first-order chi connectivity index (χ1) is 5.37. The largest absolute Gasteiger partial charge is 0.366 e. The van der Waals surface area contributed by atoms with Crippen molar-refractivity contribution in [1.29, 1.82) is 0 Å². The zero-order chi connectivity index (χ0) is 9.52. The molecule has 0 aromatic carbocycles. The van der Waals surface area contributed by atoms with Crippen LogP contribution in [0.5, 0.6) is 0 Å². The first kappa shape index (κ1) is 10.0. The molecule has 1 aliphatic carbocycles. The van der Waals surface area contributed by atoms with E-state index in [1.54, 1.807) is 0 Å². The maximum atomic E-state index is 10.9. The van der Waals surface area contributed by atoms with Crippen LogP contribution in [0.4, 0.5) is 0 Å². The highest BCUT2D eigenvalue weighted by atomic mass is 35.5. The second kappa shape index (κ2) is 3.01. The minimum atomic E-state index is -2.03. The van der Waals surface area contributed by atoms with E-state index in [-0.39, 0.29) is 15.1 Å². The van der Waals surface area contributed by atoms with Gasteiger partial charge in [-0.2, -0.15) is 0 Å². The molecule has 0 fully saturated rings. The van der Waals surface area contributed by atoms with E-state index in [1.165, 1.54) is 0 Å². The molecule has 3 nitrogen and oxygen atoms in total. The summed E-state index contributed by atoms with van der Waals surface area (Å²) in [5.74, 6) is -0.568. The maximum absolute atomic E-state index is 10.9. The summed E-state index contributed by atoms with van der Waals surface area (Å²) in [6.45, 7) is 0. The summed E-state index contributed by atoms with van der Waals surface area (Å²) >= 11 is 16.3. The average Bonchev–Trinajstić information content (AvgIpc) is 1.99. The van der Waals surface area contributed by atoms with E-state index < -0.39 is 11.5 Å². The van der Waals surface area contributed by atoms with Crippen LogP contribution in [0.3, 0.4) is 0 Å². The predicted octanol–water partition coefficient (Wildman–Crippen LogP) is 1.03. The van der Waals surface area contributed by atoms with Crippen molar-refractivity contribution >= 4 is 40.6 Å². The minimum absolute atomic E-state index is 0.248. The number of allylic oxidation sites excluding steroid dienone is 2. The van der Waals surface area contributed by atoms with E-state index in [0.29, 0.717) is 0 Å². The molecule has 0 saturated heterocycles. The molecular formula is C6H4Cl3NO2. The molecule has 1 rings (SSSR count). The Labute approximate surface area is 83.4 Å². The highest BCUT2D eigenvalue weighted by Crippen LogP contribution is 2.34. The lowest BCUT2D eigenvalue weighted by Gasteiger charge is -2.25. The minimum Gasteiger partial charge on any atom is -0.366 e. The van der Waals surface area contributed by atoms with Crippen molar-refractivity contribution in [2.45, 2.75) is 5.72 Å². The van der Waals surface area contributed by atoms with Crippen LogP contribution in [0.15, 0.2) is 21.2 Å². The number of hydrogen-bond acceptors (Lipinski definition) is 3. The van der Waals surface area contributed by atoms with Crippen molar-refractivity contribution in [1.82, 2.24) is 0 Å². The third kappa shape index (κ3) is 1.39. The molecule has 0 spiro atoms. The Morgan fingerprint density at radius 1 is 1.42 bits per heavy atom. The van der Waals surface area contributed by atoms with Gasteiger partial charge in [-0.1, -0.05) is 34.8 Å². The highest BCUT2D eigenvalue weighted by molar-refractivity contribution is 6.52. The monoisotopic (exact) mass is 227 g/mol. The molecular weight excluding hydrogens is 224 g/mol. The number of halogens is 3. The van der Waals surface area contributed by atoms with Crippen molar-refractivity contribution in [3.8, 4) is 0 Å². The van der Waals surface area contributed by atoms with Gasteiger partial charge in [0, 0.05) is 6.08 Å². The maximum Gasteiger partial charge on any atom is 0.199 e. The fraction of sp³-hybridized carbons (Fsp3) is 0.167. The van der Waals surface area contributed by atoms with Gasteiger partial charge in [0.2, 0.25) is 0 Å². The van der Waals surface area contributed by atoms with Crippen molar-refractivity contribution in [2.24, 2.45) is 5.73 Å². The molecule has 0 aromatic rings. The highest BCUT2D eigenvalue weighted by Gasteiger charge is 2.37. The zero-order valence-corrected chi connectivity index (χ0v) is 7.91. The zero-order valence-electron chi connectivity index (χ0n) is 5.64. The lowest BCUT2D eigenvalue weighted by molar-refractivity contribution is -0.111. The molecule has 0 bridgehead atoms. The molecule has 1 aliphatic rings. The molecule has 0 radical (unpaired) electrons. The Morgan fingerprint density at radius 2 is 1.92 bits per heavy atom. The van der Waals surface area contributed by atoms with Crippen LogP contribution in [0, 0.1) is 0 Å². The first-order valence-electron chi connectivity index (χ1n) is 2.86. The van der Waals surface area contributed by atoms with Crippen LogP contribution in [0.25, 0.3) is 0 Å². The quantitative estimate of drug-likeness (QED) is 0.609. The molecule has 6 heteroatoms. The fourth-order valence-corrected chi connectivity index (χ4v) is 1.30. The van der Waals surface area contributed by atoms with Crippen molar-refractivity contribution in [3.05, 3.63) is 21.2 Å². The predicted molar refractivity (Wildman–Crippen MR) is 46.8 cm³/mol. The third-order valence-corrected chi connectivity index (χ3v) is 2.71. The number of ketones is 1. The average molecular weight is 228 g/mol.